The Balaban J connectivity index is 2.02. The molecule has 21 heavy (non-hydrogen) atoms. The zero-order valence-electron chi connectivity index (χ0n) is 12.5. The number of likely N-dealkylation sites (N-methyl/N-ethyl adjacent to an activating group) is 1. The second kappa shape index (κ2) is 6.58. The number of ether oxygens (including phenoxy) is 2. The molecule has 0 aliphatic carbocycles. The lowest BCUT2D eigenvalue weighted by Gasteiger charge is -2.28. The summed E-state index contributed by atoms with van der Waals surface area (Å²) in [6, 6.07) is 5.24. The van der Waals surface area contributed by atoms with Crippen molar-refractivity contribution >= 4 is 11.8 Å². The number of amides is 2. The van der Waals surface area contributed by atoms with Crippen LogP contribution in [0.3, 0.4) is 0 Å². The van der Waals surface area contributed by atoms with E-state index in [0.29, 0.717) is 30.9 Å². The molecule has 114 valence electrons. The summed E-state index contributed by atoms with van der Waals surface area (Å²) < 4.78 is 10.4. The van der Waals surface area contributed by atoms with Crippen molar-refractivity contribution in [2.75, 3.05) is 21.3 Å². The lowest BCUT2D eigenvalue weighted by molar-refractivity contribution is -0.148. The third-order valence-corrected chi connectivity index (χ3v) is 3.61. The Morgan fingerprint density at radius 2 is 1.81 bits per heavy atom. The normalized spacial score (nSPS) is 18.8. The van der Waals surface area contributed by atoms with Crippen molar-refractivity contribution in [3.8, 4) is 11.5 Å². The molecule has 1 aromatic rings. The predicted molar refractivity (Wildman–Crippen MR) is 77.2 cm³/mol. The third-order valence-electron chi connectivity index (χ3n) is 3.61. The van der Waals surface area contributed by atoms with Crippen LogP contribution in [-0.2, 0) is 16.1 Å². The number of nitrogens with zero attached hydrogens (tertiary/aromatic N) is 1. The number of imide groups is 1. The van der Waals surface area contributed by atoms with Crippen LogP contribution in [0.1, 0.15) is 18.4 Å². The second-order valence-electron chi connectivity index (χ2n) is 4.98. The molecule has 1 heterocycles. The number of carbonyl (C=O) groups is 2. The van der Waals surface area contributed by atoms with Crippen LogP contribution >= 0.6 is 0 Å². The quantitative estimate of drug-likeness (QED) is 0.818. The number of piperidine rings is 1. The summed E-state index contributed by atoms with van der Waals surface area (Å²) in [6.07, 6.45) is 0.921. The van der Waals surface area contributed by atoms with Crippen LogP contribution in [0.25, 0.3) is 0 Å². The molecule has 1 saturated heterocycles. The van der Waals surface area contributed by atoms with Crippen molar-refractivity contribution in [3.63, 3.8) is 0 Å². The molecular formula is C15H20N2O4. The van der Waals surface area contributed by atoms with Crippen molar-refractivity contribution in [2.24, 2.45) is 0 Å². The van der Waals surface area contributed by atoms with E-state index in [1.54, 1.807) is 20.3 Å². The molecule has 6 heteroatoms. The number of likely N-dealkylation sites (tertiary alicyclic amines) is 1. The van der Waals surface area contributed by atoms with Gasteiger partial charge in [-0.3, -0.25) is 14.5 Å². The molecule has 1 N–H and O–H groups in total. The molecule has 2 amide bonds. The Morgan fingerprint density at radius 3 is 2.38 bits per heavy atom. The van der Waals surface area contributed by atoms with Gasteiger partial charge in [-0.15, -0.1) is 0 Å². The number of methoxy groups -OCH3 is 2. The van der Waals surface area contributed by atoms with E-state index < -0.39 is 0 Å². The summed E-state index contributed by atoms with van der Waals surface area (Å²) in [5.41, 5.74) is 0.957. The van der Waals surface area contributed by atoms with Crippen LogP contribution in [0.2, 0.25) is 0 Å². The Labute approximate surface area is 124 Å². The molecule has 6 nitrogen and oxygen atoms in total. The van der Waals surface area contributed by atoms with Gasteiger partial charge in [-0.1, -0.05) is 0 Å². The molecule has 1 aliphatic rings. The van der Waals surface area contributed by atoms with E-state index in [1.807, 2.05) is 12.1 Å². The van der Waals surface area contributed by atoms with E-state index in [-0.39, 0.29) is 17.9 Å². The predicted octanol–water partition coefficient (Wildman–Crippen LogP) is 0.941. The molecule has 0 aromatic heterocycles. The first-order chi connectivity index (χ1) is 10.0. The van der Waals surface area contributed by atoms with Gasteiger partial charge in [0.2, 0.25) is 11.8 Å². The minimum atomic E-state index is -0.329. The van der Waals surface area contributed by atoms with Crippen molar-refractivity contribution in [1.82, 2.24) is 10.2 Å². The molecule has 1 aliphatic heterocycles. The summed E-state index contributed by atoms with van der Waals surface area (Å²) in [5.74, 6) is 1.10. The fraction of sp³-hybridized carbons (Fsp3) is 0.467. The lowest BCUT2D eigenvalue weighted by Crippen LogP contribution is -2.51. The third kappa shape index (κ3) is 3.52. The number of rotatable bonds is 5. The molecule has 0 radical (unpaired) electrons. The molecule has 1 atom stereocenters. The van der Waals surface area contributed by atoms with E-state index in [4.69, 9.17) is 9.47 Å². The molecule has 1 fully saturated rings. The number of carbonyl (C=O) groups excluding carboxylic acids is 2. The van der Waals surface area contributed by atoms with Crippen molar-refractivity contribution in [2.45, 2.75) is 25.4 Å². The van der Waals surface area contributed by atoms with Crippen molar-refractivity contribution < 1.29 is 19.1 Å². The number of nitrogens with one attached hydrogen (secondary N) is 1. The number of benzene rings is 1. The smallest absolute Gasteiger partial charge is 0.246 e. The maximum absolute atomic E-state index is 12.0. The van der Waals surface area contributed by atoms with Gasteiger partial charge < -0.3 is 14.8 Å². The highest BCUT2D eigenvalue weighted by molar-refractivity contribution is 6.00. The monoisotopic (exact) mass is 292 g/mol. The summed E-state index contributed by atoms with van der Waals surface area (Å²) in [5, 5.41) is 3.19. The largest absolute Gasteiger partial charge is 0.497 e. The van der Waals surface area contributed by atoms with Gasteiger partial charge in [-0.25, -0.2) is 0 Å². The molecule has 2 rings (SSSR count). The SMILES string of the molecule is COc1cc(CNC2CCC(=O)N(C)C2=O)cc(OC)c1. The van der Waals surface area contributed by atoms with Crippen molar-refractivity contribution in [1.29, 1.82) is 0 Å². The maximum atomic E-state index is 12.0. The summed E-state index contributed by atoms with van der Waals surface area (Å²) >= 11 is 0. The van der Waals surface area contributed by atoms with Gasteiger partial charge >= 0.3 is 0 Å². The van der Waals surface area contributed by atoms with Gasteiger partial charge in [0.05, 0.1) is 20.3 Å². The fourth-order valence-corrected chi connectivity index (χ4v) is 2.31. The maximum Gasteiger partial charge on any atom is 0.246 e. The summed E-state index contributed by atoms with van der Waals surface area (Å²) in [4.78, 5) is 24.6. The van der Waals surface area contributed by atoms with E-state index >= 15 is 0 Å². The van der Waals surface area contributed by atoms with E-state index in [1.165, 1.54) is 11.9 Å². The van der Waals surface area contributed by atoms with Gasteiger partial charge in [0.15, 0.2) is 0 Å². The van der Waals surface area contributed by atoms with Gasteiger partial charge in [0.25, 0.3) is 0 Å². The van der Waals surface area contributed by atoms with Gasteiger partial charge in [0, 0.05) is 26.1 Å². The second-order valence-corrected chi connectivity index (χ2v) is 4.98. The standard InChI is InChI=1S/C15H20N2O4/c1-17-14(18)5-4-13(15(17)19)16-9-10-6-11(20-2)8-12(7-10)21-3/h6-8,13,16H,4-5,9H2,1-3H3. The van der Waals surface area contributed by atoms with Crippen LogP contribution in [0, 0.1) is 0 Å². The first-order valence-corrected chi connectivity index (χ1v) is 6.81. The highest BCUT2D eigenvalue weighted by atomic mass is 16.5. The molecule has 0 bridgehead atoms. The van der Waals surface area contributed by atoms with Crippen LogP contribution in [0.15, 0.2) is 18.2 Å². The number of hydrogen-bond acceptors (Lipinski definition) is 5. The average molecular weight is 292 g/mol. The molecule has 0 spiro atoms. The lowest BCUT2D eigenvalue weighted by atomic mass is 10.0. The number of hydrogen-bond donors (Lipinski definition) is 1. The summed E-state index contributed by atoms with van der Waals surface area (Å²) in [6.45, 7) is 0.506. The molecule has 1 unspecified atom stereocenters. The molecule has 0 saturated carbocycles. The zero-order chi connectivity index (χ0) is 15.4. The zero-order valence-corrected chi connectivity index (χ0v) is 12.5. The first kappa shape index (κ1) is 15.3. The van der Waals surface area contributed by atoms with Crippen LogP contribution < -0.4 is 14.8 Å². The van der Waals surface area contributed by atoms with Gasteiger partial charge in [0.1, 0.15) is 11.5 Å². The van der Waals surface area contributed by atoms with Crippen LogP contribution in [0.5, 0.6) is 11.5 Å². The average Bonchev–Trinajstić information content (AvgIpc) is 2.51. The Bertz CT molecular complexity index is 522. The van der Waals surface area contributed by atoms with Crippen LogP contribution in [-0.4, -0.2) is 44.0 Å². The van der Waals surface area contributed by atoms with Crippen LogP contribution in [0.4, 0.5) is 0 Å². The highest BCUT2D eigenvalue weighted by Crippen LogP contribution is 2.22. The topological polar surface area (TPSA) is 67.9 Å². The Kier molecular flexibility index (Phi) is 4.80. The minimum Gasteiger partial charge on any atom is -0.497 e. The van der Waals surface area contributed by atoms with Crippen molar-refractivity contribution in [3.05, 3.63) is 23.8 Å². The molecule has 1 aromatic carbocycles. The molecular weight excluding hydrogens is 272 g/mol. The van der Waals surface area contributed by atoms with E-state index in [2.05, 4.69) is 5.32 Å². The van der Waals surface area contributed by atoms with E-state index in [0.717, 1.165) is 5.56 Å². The van der Waals surface area contributed by atoms with Gasteiger partial charge in [-0.05, 0) is 24.1 Å². The first-order valence-electron chi connectivity index (χ1n) is 6.81. The van der Waals surface area contributed by atoms with E-state index in [9.17, 15) is 9.59 Å². The Morgan fingerprint density at radius 1 is 1.19 bits per heavy atom. The fourth-order valence-electron chi connectivity index (χ4n) is 2.31. The highest BCUT2D eigenvalue weighted by Gasteiger charge is 2.31. The Hall–Kier alpha value is -2.08. The van der Waals surface area contributed by atoms with Gasteiger partial charge in [-0.2, -0.15) is 0 Å². The summed E-state index contributed by atoms with van der Waals surface area (Å²) in [7, 11) is 4.71. The minimum absolute atomic E-state index is 0.124.